The Morgan fingerprint density at radius 3 is 2.50 bits per heavy atom. The van der Waals surface area contributed by atoms with Gasteiger partial charge in [0.05, 0.1) is 0 Å². The van der Waals surface area contributed by atoms with Gasteiger partial charge in [0.15, 0.2) is 0 Å². The van der Waals surface area contributed by atoms with Crippen LogP contribution in [-0.4, -0.2) is 12.6 Å². The molecule has 0 amide bonds. The lowest BCUT2D eigenvalue weighted by molar-refractivity contribution is 0.483. The van der Waals surface area contributed by atoms with Gasteiger partial charge in [0.2, 0.25) is 0 Å². The van der Waals surface area contributed by atoms with Crippen LogP contribution < -0.4 is 5.32 Å². The predicted octanol–water partition coefficient (Wildman–Crippen LogP) is 1.78. The zero-order valence-electron chi connectivity index (χ0n) is 6.77. The normalized spacial score (nSPS) is 28.5. The number of rotatable bonds is 4. The minimum atomic E-state index is 0.806. The molecule has 1 nitrogen and oxygen atoms in total. The van der Waals surface area contributed by atoms with Crippen molar-refractivity contribution in [2.24, 2.45) is 11.8 Å². The molecular formula is C9H17N. The van der Waals surface area contributed by atoms with Crippen LogP contribution >= 0.6 is 0 Å². The van der Waals surface area contributed by atoms with Crippen LogP contribution in [0.15, 0.2) is 0 Å². The first-order chi connectivity index (χ1) is 4.86. The van der Waals surface area contributed by atoms with Crippen LogP contribution in [0.5, 0.6) is 0 Å². The van der Waals surface area contributed by atoms with E-state index in [2.05, 4.69) is 12.2 Å². The van der Waals surface area contributed by atoms with Crippen molar-refractivity contribution in [2.45, 2.75) is 38.6 Å². The molecule has 2 aliphatic carbocycles. The summed E-state index contributed by atoms with van der Waals surface area (Å²) in [7, 11) is 0. The van der Waals surface area contributed by atoms with Gasteiger partial charge in [-0.05, 0) is 51.0 Å². The van der Waals surface area contributed by atoms with Gasteiger partial charge in [0.1, 0.15) is 0 Å². The minimum Gasteiger partial charge on any atom is -0.314 e. The van der Waals surface area contributed by atoms with E-state index < -0.39 is 0 Å². The summed E-state index contributed by atoms with van der Waals surface area (Å²) in [5.41, 5.74) is 0. The van der Waals surface area contributed by atoms with E-state index in [4.69, 9.17) is 0 Å². The van der Waals surface area contributed by atoms with Gasteiger partial charge < -0.3 is 5.32 Å². The van der Waals surface area contributed by atoms with Gasteiger partial charge in [-0.25, -0.2) is 0 Å². The van der Waals surface area contributed by atoms with Crippen LogP contribution in [0.3, 0.4) is 0 Å². The third-order valence-corrected chi connectivity index (χ3v) is 2.75. The van der Waals surface area contributed by atoms with Crippen molar-refractivity contribution in [3.8, 4) is 0 Å². The quantitative estimate of drug-likeness (QED) is 0.626. The number of hydrogen-bond donors (Lipinski definition) is 1. The molecule has 1 atom stereocenters. The molecule has 58 valence electrons. The summed E-state index contributed by atoms with van der Waals surface area (Å²) in [4.78, 5) is 0. The highest BCUT2D eigenvalue weighted by Crippen LogP contribution is 2.33. The summed E-state index contributed by atoms with van der Waals surface area (Å²) in [5, 5.41) is 3.61. The van der Waals surface area contributed by atoms with Crippen molar-refractivity contribution in [3.63, 3.8) is 0 Å². The van der Waals surface area contributed by atoms with E-state index >= 15 is 0 Å². The second kappa shape index (κ2) is 2.54. The average Bonchev–Trinajstić information content (AvgIpc) is 2.76. The van der Waals surface area contributed by atoms with Gasteiger partial charge in [0, 0.05) is 6.04 Å². The van der Waals surface area contributed by atoms with Gasteiger partial charge in [-0.1, -0.05) is 0 Å². The summed E-state index contributed by atoms with van der Waals surface area (Å²) < 4.78 is 0. The van der Waals surface area contributed by atoms with Crippen molar-refractivity contribution in [1.82, 2.24) is 5.32 Å². The SMILES string of the molecule is C[C@H](NCC1CC1)C1CC1. The molecule has 0 radical (unpaired) electrons. The molecule has 2 rings (SSSR count). The summed E-state index contributed by atoms with van der Waals surface area (Å²) in [6, 6.07) is 0.806. The largest absolute Gasteiger partial charge is 0.314 e. The topological polar surface area (TPSA) is 12.0 Å². The Morgan fingerprint density at radius 1 is 1.30 bits per heavy atom. The van der Waals surface area contributed by atoms with E-state index in [1.807, 2.05) is 0 Å². The molecule has 0 bridgehead atoms. The van der Waals surface area contributed by atoms with E-state index in [-0.39, 0.29) is 0 Å². The molecule has 0 aromatic carbocycles. The lowest BCUT2D eigenvalue weighted by atomic mass is 10.2. The molecule has 2 aliphatic rings. The van der Waals surface area contributed by atoms with Gasteiger partial charge >= 0.3 is 0 Å². The third-order valence-electron chi connectivity index (χ3n) is 2.75. The average molecular weight is 139 g/mol. The van der Waals surface area contributed by atoms with Crippen molar-refractivity contribution in [2.75, 3.05) is 6.54 Å². The standard InChI is InChI=1S/C9H17N/c1-7(9-4-5-9)10-6-8-2-3-8/h7-10H,2-6H2,1H3/t7-/m0/s1. The first-order valence-corrected chi connectivity index (χ1v) is 4.59. The lowest BCUT2D eigenvalue weighted by Crippen LogP contribution is -2.29. The second-order valence-electron chi connectivity index (χ2n) is 3.98. The molecule has 10 heavy (non-hydrogen) atoms. The minimum absolute atomic E-state index is 0.806. The van der Waals surface area contributed by atoms with E-state index in [1.54, 1.807) is 0 Å². The Kier molecular flexibility index (Phi) is 1.69. The first kappa shape index (κ1) is 6.66. The van der Waals surface area contributed by atoms with Crippen molar-refractivity contribution in [3.05, 3.63) is 0 Å². The van der Waals surface area contributed by atoms with E-state index in [0.29, 0.717) is 0 Å². The van der Waals surface area contributed by atoms with Crippen LogP contribution in [0.2, 0.25) is 0 Å². The molecule has 0 aromatic heterocycles. The van der Waals surface area contributed by atoms with Gasteiger partial charge in [-0.3, -0.25) is 0 Å². The Hall–Kier alpha value is -0.0400. The summed E-state index contributed by atoms with van der Waals surface area (Å²) >= 11 is 0. The van der Waals surface area contributed by atoms with Crippen molar-refractivity contribution < 1.29 is 0 Å². The Morgan fingerprint density at radius 2 is 2.00 bits per heavy atom. The maximum atomic E-state index is 3.61. The van der Waals surface area contributed by atoms with Crippen LogP contribution in [0.1, 0.15) is 32.6 Å². The molecule has 1 N–H and O–H groups in total. The zero-order valence-corrected chi connectivity index (χ0v) is 6.77. The fraction of sp³-hybridized carbons (Fsp3) is 1.00. The molecule has 0 spiro atoms. The molecule has 2 fully saturated rings. The lowest BCUT2D eigenvalue weighted by Gasteiger charge is -2.11. The van der Waals surface area contributed by atoms with E-state index in [0.717, 1.165) is 17.9 Å². The summed E-state index contributed by atoms with van der Waals surface area (Å²) in [6.45, 7) is 3.62. The van der Waals surface area contributed by atoms with Crippen LogP contribution in [0.4, 0.5) is 0 Å². The molecule has 1 heteroatoms. The molecule has 0 aliphatic heterocycles. The Bertz CT molecular complexity index is 114. The first-order valence-electron chi connectivity index (χ1n) is 4.59. The summed E-state index contributed by atoms with van der Waals surface area (Å²) in [5.74, 6) is 2.07. The molecular weight excluding hydrogens is 122 g/mol. The fourth-order valence-corrected chi connectivity index (χ4v) is 1.44. The van der Waals surface area contributed by atoms with Crippen LogP contribution in [0, 0.1) is 11.8 Å². The molecule has 0 heterocycles. The highest BCUT2D eigenvalue weighted by atomic mass is 14.9. The molecule has 0 aromatic rings. The zero-order chi connectivity index (χ0) is 6.97. The van der Waals surface area contributed by atoms with Crippen molar-refractivity contribution >= 4 is 0 Å². The molecule has 0 saturated heterocycles. The smallest absolute Gasteiger partial charge is 0.00671 e. The Labute approximate surface area is 63.2 Å². The highest BCUT2D eigenvalue weighted by Gasteiger charge is 2.29. The third kappa shape index (κ3) is 1.72. The van der Waals surface area contributed by atoms with Gasteiger partial charge in [0.25, 0.3) is 0 Å². The van der Waals surface area contributed by atoms with Gasteiger partial charge in [-0.15, -0.1) is 0 Å². The highest BCUT2D eigenvalue weighted by molar-refractivity contribution is 4.85. The summed E-state index contributed by atoms with van der Waals surface area (Å²) in [6.07, 6.45) is 5.90. The van der Waals surface area contributed by atoms with Crippen LogP contribution in [0.25, 0.3) is 0 Å². The number of hydrogen-bond acceptors (Lipinski definition) is 1. The molecule has 0 unspecified atom stereocenters. The van der Waals surface area contributed by atoms with E-state index in [1.165, 1.54) is 32.2 Å². The fourth-order valence-electron chi connectivity index (χ4n) is 1.44. The maximum Gasteiger partial charge on any atom is 0.00671 e. The van der Waals surface area contributed by atoms with Crippen LogP contribution in [-0.2, 0) is 0 Å². The second-order valence-corrected chi connectivity index (χ2v) is 3.98. The van der Waals surface area contributed by atoms with Gasteiger partial charge in [-0.2, -0.15) is 0 Å². The number of nitrogens with one attached hydrogen (secondary N) is 1. The Balaban J connectivity index is 1.58. The van der Waals surface area contributed by atoms with Crippen molar-refractivity contribution in [1.29, 1.82) is 0 Å². The molecule has 2 saturated carbocycles. The van der Waals surface area contributed by atoms with E-state index in [9.17, 15) is 0 Å². The maximum absolute atomic E-state index is 3.61. The predicted molar refractivity (Wildman–Crippen MR) is 42.9 cm³/mol. The monoisotopic (exact) mass is 139 g/mol.